The summed E-state index contributed by atoms with van der Waals surface area (Å²) >= 11 is 0. The fraction of sp³-hybridized carbons (Fsp3) is 0.0476. The van der Waals surface area contributed by atoms with Gasteiger partial charge in [0.05, 0.1) is 17.0 Å². The first kappa shape index (κ1) is 14.4. The number of carbonyl (C=O) groups excluding carboxylic acids is 1. The van der Waals surface area contributed by atoms with Crippen LogP contribution in [0.15, 0.2) is 83.9 Å². The summed E-state index contributed by atoms with van der Waals surface area (Å²) in [7, 11) is 0. The van der Waals surface area contributed by atoms with E-state index >= 15 is 0 Å². The highest BCUT2D eigenvalue weighted by atomic mass is 16.5. The number of aliphatic imine (C=N–C) groups is 1. The minimum atomic E-state index is -0.328. The number of carbonyl (C=O) groups is 1. The normalized spacial score (nSPS) is 13.5. The predicted molar refractivity (Wildman–Crippen MR) is 94.8 cm³/mol. The lowest BCUT2D eigenvalue weighted by molar-refractivity contribution is 0.0568. The number of nitrogens with zero attached hydrogens (tertiary/aromatic N) is 1. The maximum Gasteiger partial charge on any atom is 0.340 e. The van der Waals surface area contributed by atoms with Crippen LogP contribution in [0, 0.1) is 0 Å². The summed E-state index contributed by atoms with van der Waals surface area (Å²) in [5.74, 6) is -0.328. The van der Waals surface area contributed by atoms with Crippen molar-refractivity contribution >= 4 is 17.4 Å². The summed E-state index contributed by atoms with van der Waals surface area (Å²) in [4.78, 5) is 16.7. The molecule has 1 heterocycles. The molecule has 0 bridgehead atoms. The maximum absolute atomic E-state index is 12.0. The molecule has 0 aliphatic carbocycles. The molecule has 3 nitrogen and oxygen atoms in total. The Balaban J connectivity index is 1.69. The van der Waals surface area contributed by atoms with E-state index < -0.39 is 0 Å². The van der Waals surface area contributed by atoms with Crippen molar-refractivity contribution in [2.45, 2.75) is 0 Å². The highest BCUT2D eigenvalue weighted by Crippen LogP contribution is 2.25. The van der Waals surface area contributed by atoms with Gasteiger partial charge in [-0.15, -0.1) is 0 Å². The number of benzene rings is 3. The van der Waals surface area contributed by atoms with Crippen LogP contribution in [0.2, 0.25) is 0 Å². The molecule has 0 amide bonds. The van der Waals surface area contributed by atoms with Gasteiger partial charge in [-0.25, -0.2) is 9.79 Å². The largest absolute Gasteiger partial charge is 0.455 e. The molecule has 24 heavy (non-hydrogen) atoms. The summed E-state index contributed by atoms with van der Waals surface area (Å²) in [6, 6.07) is 25.6. The highest BCUT2D eigenvalue weighted by molar-refractivity contribution is 6.08. The number of hydrogen-bond donors (Lipinski definition) is 0. The van der Waals surface area contributed by atoms with Gasteiger partial charge in [0.2, 0.25) is 0 Å². The van der Waals surface area contributed by atoms with E-state index in [1.54, 1.807) is 6.07 Å². The van der Waals surface area contributed by atoms with Crippen LogP contribution in [0.1, 0.15) is 15.9 Å². The third kappa shape index (κ3) is 2.72. The van der Waals surface area contributed by atoms with Gasteiger partial charge in [0.1, 0.15) is 6.61 Å². The number of hydrogen-bond acceptors (Lipinski definition) is 3. The van der Waals surface area contributed by atoms with Gasteiger partial charge >= 0.3 is 5.97 Å². The van der Waals surface area contributed by atoms with Crippen LogP contribution in [-0.2, 0) is 4.74 Å². The standard InChI is InChI=1S/C21H15NO2/c23-21-18-8-4-5-9-19(18)22-20(14-24-21)17-12-10-16(11-13-17)15-6-2-1-3-7-15/h1-13H,14H2. The topological polar surface area (TPSA) is 38.7 Å². The molecule has 0 fully saturated rings. The lowest BCUT2D eigenvalue weighted by atomic mass is 10.0. The lowest BCUT2D eigenvalue weighted by Crippen LogP contribution is -2.12. The van der Waals surface area contributed by atoms with Crippen LogP contribution in [0.3, 0.4) is 0 Å². The van der Waals surface area contributed by atoms with Crippen molar-refractivity contribution in [2.24, 2.45) is 4.99 Å². The zero-order chi connectivity index (χ0) is 16.4. The van der Waals surface area contributed by atoms with Crippen LogP contribution in [0.4, 0.5) is 5.69 Å². The molecule has 0 radical (unpaired) electrons. The first-order chi connectivity index (χ1) is 11.8. The first-order valence-corrected chi connectivity index (χ1v) is 7.81. The number of ether oxygens (including phenoxy) is 1. The van der Waals surface area contributed by atoms with Gasteiger partial charge in [0.15, 0.2) is 0 Å². The first-order valence-electron chi connectivity index (χ1n) is 7.81. The molecule has 0 atom stereocenters. The van der Waals surface area contributed by atoms with E-state index in [-0.39, 0.29) is 12.6 Å². The number of rotatable bonds is 2. The van der Waals surface area contributed by atoms with Crippen molar-refractivity contribution in [1.29, 1.82) is 0 Å². The molecule has 1 aliphatic rings. The molecule has 116 valence electrons. The second-order valence-electron chi connectivity index (χ2n) is 5.60. The SMILES string of the molecule is O=C1OCC(c2ccc(-c3ccccc3)cc2)=Nc2ccccc21. The third-order valence-corrected chi connectivity index (χ3v) is 4.04. The van der Waals surface area contributed by atoms with E-state index in [1.165, 1.54) is 5.56 Å². The Hall–Kier alpha value is -3.20. The zero-order valence-corrected chi connectivity index (χ0v) is 13.0. The van der Waals surface area contributed by atoms with Crippen molar-refractivity contribution in [2.75, 3.05) is 6.61 Å². The Labute approximate surface area is 140 Å². The van der Waals surface area contributed by atoms with Gasteiger partial charge in [-0.1, -0.05) is 66.7 Å². The van der Waals surface area contributed by atoms with Crippen molar-refractivity contribution in [1.82, 2.24) is 0 Å². The second kappa shape index (κ2) is 6.13. The van der Waals surface area contributed by atoms with E-state index in [4.69, 9.17) is 4.74 Å². The third-order valence-electron chi connectivity index (χ3n) is 4.04. The van der Waals surface area contributed by atoms with Crippen LogP contribution in [-0.4, -0.2) is 18.3 Å². The molecule has 0 saturated heterocycles. The molecule has 0 spiro atoms. The lowest BCUT2D eigenvalue weighted by Gasteiger charge is -2.06. The van der Waals surface area contributed by atoms with Gasteiger partial charge in [-0.3, -0.25) is 0 Å². The van der Waals surface area contributed by atoms with E-state index in [0.29, 0.717) is 11.3 Å². The van der Waals surface area contributed by atoms with Crippen molar-refractivity contribution in [3.63, 3.8) is 0 Å². The molecule has 0 unspecified atom stereocenters. The average Bonchev–Trinajstić information content (AvgIpc) is 2.82. The minimum Gasteiger partial charge on any atom is -0.455 e. The molecule has 0 saturated carbocycles. The summed E-state index contributed by atoms with van der Waals surface area (Å²) < 4.78 is 5.34. The minimum absolute atomic E-state index is 0.179. The van der Waals surface area contributed by atoms with E-state index in [0.717, 1.165) is 16.8 Å². The summed E-state index contributed by atoms with van der Waals surface area (Å²) in [6.45, 7) is 0.179. The van der Waals surface area contributed by atoms with Crippen LogP contribution >= 0.6 is 0 Å². The molecule has 3 aromatic carbocycles. The molecule has 1 aliphatic heterocycles. The van der Waals surface area contributed by atoms with Gasteiger partial charge in [0.25, 0.3) is 0 Å². The molecule has 0 N–H and O–H groups in total. The molecular formula is C21H15NO2. The van der Waals surface area contributed by atoms with Crippen molar-refractivity contribution in [3.05, 3.63) is 90.0 Å². The Morgan fingerprint density at radius 3 is 2.12 bits per heavy atom. The average molecular weight is 313 g/mol. The van der Waals surface area contributed by atoms with E-state index in [9.17, 15) is 4.79 Å². The molecule has 3 aromatic rings. The Morgan fingerprint density at radius 1 is 0.708 bits per heavy atom. The Morgan fingerprint density at radius 2 is 1.33 bits per heavy atom. The van der Waals surface area contributed by atoms with Gasteiger partial charge in [-0.2, -0.15) is 0 Å². The van der Waals surface area contributed by atoms with Crippen molar-refractivity contribution < 1.29 is 9.53 Å². The van der Waals surface area contributed by atoms with Gasteiger partial charge in [-0.05, 0) is 28.8 Å². The van der Waals surface area contributed by atoms with E-state index in [2.05, 4.69) is 29.3 Å². The predicted octanol–water partition coefficient (Wildman–Crippen LogP) is 4.64. The van der Waals surface area contributed by atoms with Crippen LogP contribution < -0.4 is 0 Å². The quantitative estimate of drug-likeness (QED) is 0.646. The van der Waals surface area contributed by atoms with E-state index in [1.807, 2.05) is 48.5 Å². The fourth-order valence-electron chi connectivity index (χ4n) is 2.77. The van der Waals surface area contributed by atoms with Gasteiger partial charge < -0.3 is 4.74 Å². The maximum atomic E-state index is 12.0. The summed E-state index contributed by atoms with van der Waals surface area (Å²) in [5, 5.41) is 0. The highest BCUT2D eigenvalue weighted by Gasteiger charge is 2.18. The molecule has 4 rings (SSSR count). The van der Waals surface area contributed by atoms with Gasteiger partial charge in [0, 0.05) is 0 Å². The monoisotopic (exact) mass is 313 g/mol. The number of para-hydroxylation sites is 1. The fourth-order valence-corrected chi connectivity index (χ4v) is 2.77. The number of esters is 1. The summed E-state index contributed by atoms with van der Waals surface area (Å²) in [6.07, 6.45) is 0. The molecule has 0 aromatic heterocycles. The Kier molecular flexibility index (Phi) is 3.67. The Bertz CT molecular complexity index is 912. The molecular weight excluding hydrogens is 298 g/mol. The zero-order valence-electron chi connectivity index (χ0n) is 13.0. The summed E-state index contributed by atoms with van der Waals surface area (Å²) in [5.41, 5.74) is 5.19. The molecule has 3 heteroatoms. The smallest absolute Gasteiger partial charge is 0.340 e. The number of fused-ring (bicyclic) bond motifs is 1. The second-order valence-corrected chi connectivity index (χ2v) is 5.60. The van der Waals surface area contributed by atoms with Crippen molar-refractivity contribution in [3.8, 4) is 11.1 Å². The number of cyclic esters (lactones) is 1. The van der Waals surface area contributed by atoms with Crippen LogP contribution in [0.5, 0.6) is 0 Å². The van der Waals surface area contributed by atoms with Crippen LogP contribution in [0.25, 0.3) is 11.1 Å².